The average molecular weight is 257 g/mol. The van der Waals surface area contributed by atoms with E-state index in [1.54, 1.807) is 0 Å². The van der Waals surface area contributed by atoms with Crippen LogP contribution >= 0.6 is 11.8 Å². The van der Waals surface area contributed by atoms with Gasteiger partial charge >= 0.3 is 0 Å². The molecule has 0 amide bonds. The molecule has 0 bridgehead atoms. The molecule has 1 atom stereocenters. The monoisotopic (exact) mass is 257 g/mol. The molecule has 102 valence electrons. The van der Waals surface area contributed by atoms with Crippen LogP contribution in [0.4, 0.5) is 0 Å². The van der Waals surface area contributed by atoms with Gasteiger partial charge in [0.25, 0.3) is 0 Å². The molecule has 0 aromatic rings. The van der Waals surface area contributed by atoms with E-state index in [4.69, 9.17) is 0 Å². The summed E-state index contributed by atoms with van der Waals surface area (Å²) in [6.07, 6.45) is 8.62. The van der Waals surface area contributed by atoms with Gasteiger partial charge in [0.05, 0.1) is 0 Å². The third-order valence-corrected chi connectivity index (χ3v) is 4.94. The Balaban J connectivity index is 1.85. The van der Waals surface area contributed by atoms with Crippen LogP contribution < -0.4 is 5.32 Å². The zero-order valence-corrected chi connectivity index (χ0v) is 12.8. The highest BCUT2D eigenvalue weighted by Crippen LogP contribution is 2.27. The van der Waals surface area contributed by atoms with E-state index in [-0.39, 0.29) is 0 Å². The van der Waals surface area contributed by atoms with Crippen LogP contribution in [0.3, 0.4) is 0 Å². The van der Waals surface area contributed by atoms with Gasteiger partial charge in [-0.25, -0.2) is 0 Å². The lowest BCUT2D eigenvalue weighted by molar-refractivity contribution is 0.460. The first-order valence-corrected chi connectivity index (χ1v) is 8.65. The molecule has 2 heteroatoms. The lowest BCUT2D eigenvalue weighted by Crippen LogP contribution is -2.28. The molecule has 1 fully saturated rings. The van der Waals surface area contributed by atoms with E-state index in [0.717, 1.165) is 11.8 Å². The van der Waals surface area contributed by atoms with Crippen LogP contribution in [0.1, 0.15) is 59.3 Å². The molecule has 0 heterocycles. The summed E-state index contributed by atoms with van der Waals surface area (Å²) in [7, 11) is 0. The summed E-state index contributed by atoms with van der Waals surface area (Å²) in [4.78, 5) is 0. The first kappa shape index (κ1) is 15.4. The van der Waals surface area contributed by atoms with Crippen molar-refractivity contribution in [2.45, 2.75) is 65.3 Å². The van der Waals surface area contributed by atoms with Crippen molar-refractivity contribution in [1.29, 1.82) is 0 Å². The maximum atomic E-state index is 3.64. The van der Waals surface area contributed by atoms with Gasteiger partial charge in [0.1, 0.15) is 0 Å². The topological polar surface area (TPSA) is 12.0 Å². The second-order valence-corrected chi connectivity index (χ2v) is 7.20. The Morgan fingerprint density at radius 1 is 1.12 bits per heavy atom. The van der Waals surface area contributed by atoms with E-state index in [0.29, 0.717) is 6.04 Å². The molecule has 0 spiro atoms. The van der Waals surface area contributed by atoms with Crippen molar-refractivity contribution < 1.29 is 0 Å². The van der Waals surface area contributed by atoms with E-state index >= 15 is 0 Å². The van der Waals surface area contributed by atoms with Crippen molar-refractivity contribution in [2.75, 3.05) is 18.1 Å². The molecular formula is C15H31NS. The molecule has 1 aliphatic carbocycles. The van der Waals surface area contributed by atoms with E-state index in [1.807, 2.05) is 0 Å². The average Bonchev–Trinajstić information content (AvgIpc) is 2.79. The third-order valence-electron chi connectivity index (χ3n) is 3.74. The highest BCUT2D eigenvalue weighted by Gasteiger charge is 2.14. The summed E-state index contributed by atoms with van der Waals surface area (Å²) in [5.74, 6) is 4.58. The predicted octanol–water partition coefficient (Wildman–Crippen LogP) is 4.32. The lowest BCUT2D eigenvalue weighted by atomic mass is 10.0. The molecule has 1 unspecified atom stereocenters. The molecule has 1 aliphatic rings. The van der Waals surface area contributed by atoms with E-state index in [1.165, 1.54) is 56.6 Å². The molecule has 0 radical (unpaired) electrons. The Hall–Kier alpha value is 0.310. The standard InChI is InChI=1S/C15H31NS/c1-13(2)8-9-14(3)16-10-11-17-12-15-6-4-5-7-15/h13-16H,4-12H2,1-3H3. The second kappa shape index (κ2) is 9.27. The molecule has 17 heavy (non-hydrogen) atoms. The number of hydrogen-bond acceptors (Lipinski definition) is 2. The second-order valence-electron chi connectivity index (χ2n) is 6.05. The molecule has 1 nitrogen and oxygen atoms in total. The molecule has 0 aromatic carbocycles. The van der Waals surface area contributed by atoms with Gasteiger partial charge in [-0.1, -0.05) is 26.7 Å². The van der Waals surface area contributed by atoms with Crippen molar-refractivity contribution in [2.24, 2.45) is 11.8 Å². The van der Waals surface area contributed by atoms with Crippen molar-refractivity contribution in [3.8, 4) is 0 Å². The first-order chi connectivity index (χ1) is 8.18. The number of rotatable bonds is 9. The van der Waals surface area contributed by atoms with Crippen LogP contribution in [-0.4, -0.2) is 24.1 Å². The van der Waals surface area contributed by atoms with Gasteiger partial charge in [-0.2, -0.15) is 11.8 Å². The Labute approximate surface area is 113 Å². The van der Waals surface area contributed by atoms with Crippen LogP contribution in [0.15, 0.2) is 0 Å². The molecule has 0 saturated heterocycles. The smallest absolute Gasteiger partial charge is 0.00583 e. The summed E-state index contributed by atoms with van der Waals surface area (Å²) < 4.78 is 0. The van der Waals surface area contributed by atoms with Crippen LogP contribution in [0.25, 0.3) is 0 Å². The van der Waals surface area contributed by atoms with Crippen LogP contribution in [0, 0.1) is 11.8 Å². The van der Waals surface area contributed by atoms with Crippen LogP contribution in [-0.2, 0) is 0 Å². The quantitative estimate of drug-likeness (QED) is 0.617. The summed E-state index contributed by atoms with van der Waals surface area (Å²) in [5, 5.41) is 3.64. The molecular weight excluding hydrogens is 226 g/mol. The minimum atomic E-state index is 0.699. The summed E-state index contributed by atoms with van der Waals surface area (Å²) in [5.41, 5.74) is 0. The highest BCUT2D eigenvalue weighted by molar-refractivity contribution is 7.99. The van der Waals surface area contributed by atoms with Crippen LogP contribution in [0.5, 0.6) is 0 Å². The Kier molecular flexibility index (Phi) is 8.38. The Bertz CT molecular complexity index is 176. The van der Waals surface area contributed by atoms with Crippen LogP contribution in [0.2, 0.25) is 0 Å². The molecule has 1 saturated carbocycles. The van der Waals surface area contributed by atoms with Gasteiger partial charge in [-0.3, -0.25) is 0 Å². The normalized spacial score (nSPS) is 19.1. The molecule has 1 rings (SSSR count). The fraction of sp³-hybridized carbons (Fsp3) is 1.00. The van der Waals surface area contributed by atoms with Gasteiger partial charge in [0.2, 0.25) is 0 Å². The van der Waals surface area contributed by atoms with Crippen molar-refractivity contribution >= 4 is 11.8 Å². The minimum Gasteiger partial charge on any atom is -0.313 e. The van der Waals surface area contributed by atoms with Crippen molar-refractivity contribution in [1.82, 2.24) is 5.32 Å². The fourth-order valence-electron chi connectivity index (χ4n) is 2.49. The van der Waals surface area contributed by atoms with Crippen molar-refractivity contribution in [3.05, 3.63) is 0 Å². The first-order valence-electron chi connectivity index (χ1n) is 7.49. The zero-order chi connectivity index (χ0) is 12.5. The molecule has 0 aromatic heterocycles. The van der Waals surface area contributed by atoms with Gasteiger partial charge in [-0.05, 0) is 50.2 Å². The molecule has 0 aliphatic heterocycles. The summed E-state index contributed by atoms with van der Waals surface area (Å²) >= 11 is 2.15. The SMILES string of the molecule is CC(C)CCC(C)NCCSCC1CCCC1. The predicted molar refractivity (Wildman–Crippen MR) is 80.8 cm³/mol. The van der Waals surface area contributed by atoms with E-state index in [2.05, 4.69) is 37.8 Å². The summed E-state index contributed by atoms with van der Waals surface area (Å²) in [6, 6.07) is 0.699. The third kappa shape index (κ3) is 8.10. The maximum Gasteiger partial charge on any atom is 0.00583 e. The maximum absolute atomic E-state index is 3.64. The zero-order valence-electron chi connectivity index (χ0n) is 12.0. The van der Waals surface area contributed by atoms with Gasteiger partial charge in [0, 0.05) is 18.3 Å². The fourth-order valence-corrected chi connectivity index (χ4v) is 3.59. The van der Waals surface area contributed by atoms with E-state index < -0.39 is 0 Å². The largest absolute Gasteiger partial charge is 0.313 e. The van der Waals surface area contributed by atoms with Gasteiger partial charge in [0.15, 0.2) is 0 Å². The summed E-state index contributed by atoms with van der Waals surface area (Å²) in [6.45, 7) is 8.13. The highest BCUT2D eigenvalue weighted by atomic mass is 32.2. The van der Waals surface area contributed by atoms with Gasteiger partial charge < -0.3 is 5.32 Å². The minimum absolute atomic E-state index is 0.699. The molecule has 1 N–H and O–H groups in total. The van der Waals surface area contributed by atoms with E-state index in [9.17, 15) is 0 Å². The lowest BCUT2D eigenvalue weighted by Gasteiger charge is -2.15. The number of hydrogen-bond donors (Lipinski definition) is 1. The Morgan fingerprint density at radius 2 is 1.82 bits per heavy atom. The number of nitrogens with one attached hydrogen (secondary N) is 1. The van der Waals surface area contributed by atoms with Gasteiger partial charge in [-0.15, -0.1) is 0 Å². The Morgan fingerprint density at radius 3 is 2.47 bits per heavy atom. The number of thioether (sulfide) groups is 1. The van der Waals surface area contributed by atoms with Crippen molar-refractivity contribution in [3.63, 3.8) is 0 Å².